The fourth-order valence-electron chi connectivity index (χ4n) is 1.02. The second kappa shape index (κ2) is 4.24. The van der Waals surface area contributed by atoms with Crippen LogP contribution in [-0.4, -0.2) is 7.11 Å². The number of nitriles is 1. The quantitative estimate of drug-likeness (QED) is 0.801. The molecule has 1 rings (SSSR count). The number of benzene rings is 1. The van der Waals surface area contributed by atoms with Gasteiger partial charge in [-0.15, -0.1) is 0 Å². The first kappa shape index (κ1) is 10.0. The number of ether oxygens (including phenoxy) is 1. The van der Waals surface area contributed by atoms with Crippen LogP contribution >= 0.6 is 15.9 Å². The maximum absolute atomic E-state index is 13.0. The van der Waals surface area contributed by atoms with Crippen molar-refractivity contribution >= 4 is 15.9 Å². The summed E-state index contributed by atoms with van der Waals surface area (Å²) in [6.45, 7) is 0. The van der Waals surface area contributed by atoms with E-state index in [1.54, 1.807) is 6.07 Å². The van der Waals surface area contributed by atoms with Crippen LogP contribution in [0.25, 0.3) is 0 Å². The summed E-state index contributed by atoms with van der Waals surface area (Å²) in [4.78, 5) is 0. The van der Waals surface area contributed by atoms with Crippen LogP contribution < -0.4 is 4.74 Å². The lowest BCUT2D eigenvalue weighted by Crippen LogP contribution is -1.94. The third kappa shape index (κ3) is 1.99. The van der Waals surface area contributed by atoms with Crippen molar-refractivity contribution in [3.63, 3.8) is 0 Å². The molecular formula is C9H7BrFNO. The van der Waals surface area contributed by atoms with Crippen molar-refractivity contribution in [1.29, 1.82) is 5.26 Å². The Morgan fingerprint density at radius 1 is 1.62 bits per heavy atom. The molecule has 68 valence electrons. The van der Waals surface area contributed by atoms with E-state index in [9.17, 15) is 4.39 Å². The molecule has 13 heavy (non-hydrogen) atoms. The maximum Gasteiger partial charge on any atom is 0.141 e. The van der Waals surface area contributed by atoms with E-state index in [1.807, 2.05) is 6.07 Å². The normalized spacial score (nSPS) is 9.38. The summed E-state index contributed by atoms with van der Waals surface area (Å²) in [5.74, 6) is 0.0000831. The van der Waals surface area contributed by atoms with Gasteiger partial charge in [-0.3, -0.25) is 0 Å². The van der Waals surface area contributed by atoms with E-state index in [0.717, 1.165) is 0 Å². The standard InChI is InChI=1S/C9H7BrFNO/c1-13-9-6(4-5-12)2-3-7(11)8(9)10/h2-3H,4H2,1H3. The zero-order valence-electron chi connectivity index (χ0n) is 6.97. The van der Waals surface area contributed by atoms with E-state index in [0.29, 0.717) is 11.3 Å². The predicted octanol–water partition coefficient (Wildman–Crippen LogP) is 2.66. The van der Waals surface area contributed by atoms with Gasteiger partial charge < -0.3 is 4.74 Å². The maximum atomic E-state index is 13.0. The molecule has 0 aliphatic carbocycles. The van der Waals surface area contributed by atoms with Crippen molar-refractivity contribution < 1.29 is 9.13 Å². The van der Waals surface area contributed by atoms with Crippen LogP contribution in [0.1, 0.15) is 5.56 Å². The Labute approximate surface area is 84.1 Å². The molecule has 0 radical (unpaired) electrons. The summed E-state index contributed by atoms with van der Waals surface area (Å²) >= 11 is 3.05. The summed E-state index contributed by atoms with van der Waals surface area (Å²) in [7, 11) is 1.44. The summed E-state index contributed by atoms with van der Waals surface area (Å²) in [6, 6.07) is 4.83. The largest absolute Gasteiger partial charge is 0.495 e. The molecule has 0 saturated heterocycles. The van der Waals surface area contributed by atoms with Crippen LogP contribution in [0.2, 0.25) is 0 Å². The van der Waals surface area contributed by atoms with Gasteiger partial charge in [-0.2, -0.15) is 5.26 Å². The number of halogens is 2. The molecule has 0 saturated carbocycles. The van der Waals surface area contributed by atoms with E-state index in [4.69, 9.17) is 10.00 Å². The third-order valence-corrected chi connectivity index (χ3v) is 2.34. The van der Waals surface area contributed by atoms with Crippen molar-refractivity contribution in [2.75, 3.05) is 7.11 Å². The molecule has 0 N–H and O–H groups in total. The molecule has 1 aromatic carbocycles. The highest BCUT2D eigenvalue weighted by atomic mass is 79.9. The molecule has 1 aromatic rings. The van der Waals surface area contributed by atoms with Crippen LogP contribution in [0.4, 0.5) is 4.39 Å². The molecule has 2 nitrogen and oxygen atoms in total. The van der Waals surface area contributed by atoms with Crippen molar-refractivity contribution in [1.82, 2.24) is 0 Å². The zero-order chi connectivity index (χ0) is 9.84. The van der Waals surface area contributed by atoms with E-state index in [1.165, 1.54) is 13.2 Å². The minimum absolute atomic E-state index is 0.210. The van der Waals surface area contributed by atoms with Crippen LogP contribution in [0.3, 0.4) is 0 Å². The fourth-order valence-corrected chi connectivity index (χ4v) is 1.57. The lowest BCUT2D eigenvalue weighted by Gasteiger charge is -2.07. The second-order valence-electron chi connectivity index (χ2n) is 2.39. The SMILES string of the molecule is COc1c(CC#N)ccc(F)c1Br. The molecule has 4 heteroatoms. The van der Waals surface area contributed by atoms with Crippen LogP contribution in [0.5, 0.6) is 5.75 Å². The van der Waals surface area contributed by atoms with Crippen LogP contribution in [0, 0.1) is 17.1 Å². The van der Waals surface area contributed by atoms with Crippen molar-refractivity contribution in [3.8, 4) is 11.8 Å². The summed E-state index contributed by atoms with van der Waals surface area (Å²) in [6.07, 6.45) is 0.210. The highest BCUT2D eigenvalue weighted by Crippen LogP contribution is 2.31. The molecule has 0 aliphatic heterocycles. The molecule has 0 heterocycles. The zero-order valence-corrected chi connectivity index (χ0v) is 8.56. The van der Waals surface area contributed by atoms with Crippen molar-refractivity contribution in [2.45, 2.75) is 6.42 Å². The number of hydrogen-bond donors (Lipinski definition) is 0. The monoisotopic (exact) mass is 243 g/mol. The van der Waals surface area contributed by atoms with Crippen LogP contribution in [-0.2, 0) is 6.42 Å². The predicted molar refractivity (Wildman–Crippen MR) is 50.0 cm³/mol. The Hall–Kier alpha value is -1.08. The highest BCUT2D eigenvalue weighted by molar-refractivity contribution is 9.10. The summed E-state index contributed by atoms with van der Waals surface area (Å²) < 4.78 is 18.2. The average Bonchev–Trinajstić information content (AvgIpc) is 2.12. The van der Waals surface area contributed by atoms with Gasteiger partial charge in [-0.25, -0.2) is 4.39 Å². The Morgan fingerprint density at radius 2 is 2.31 bits per heavy atom. The summed E-state index contributed by atoms with van der Waals surface area (Å²) in [5, 5.41) is 8.49. The van der Waals surface area contributed by atoms with E-state index in [2.05, 4.69) is 15.9 Å². The van der Waals surface area contributed by atoms with Crippen molar-refractivity contribution in [3.05, 3.63) is 28.0 Å². The van der Waals surface area contributed by atoms with Crippen molar-refractivity contribution in [2.24, 2.45) is 0 Å². The van der Waals surface area contributed by atoms with E-state index in [-0.39, 0.29) is 10.9 Å². The molecule has 0 atom stereocenters. The van der Waals surface area contributed by atoms with Gasteiger partial charge in [0, 0.05) is 5.56 Å². The minimum atomic E-state index is -0.390. The number of hydrogen-bond acceptors (Lipinski definition) is 2. The second-order valence-corrected chi connectivity index (χ2v) is 3.18. The smallest absolute Gasteiger partial charge is 0.141 e. The molecule has 0 amide bonds. The lowest BCUT2D eigenvalue weighted by atomic mass is 10.1. The van der Waals surface area contributed by atoms with Gasteiger partial charge >= 0.3 is 0 Å². The Kier molecular flexibility index (Phi) is 3.26. The molecule has 0 aliphatic rings. The third-order valence-electron chi connectivity index (χ3n) is 1.61. The molecule has 0 spiro atoms. The van der Waals surface area contributed by atoms with E-state index >= 15 is 0 Å². The minimum Gasteiger partial charge on any atom is -0.495 e. The first-order chi connectivity index (χ1) is 6.20. The first-order valence-corrected chi connectivity index (χ1v) is 4.37. The molecule has 0 aromatic heterocycles. The Bertz CT molecular complexity index is 359. The van der Waals surface area contributed by atoms with Gasteiger partial charge in [0.15, 0.2) is 0 Å². The average molecular weight is 244 g/mol. The Morgan fingerprint density at radius 3 is 2.85 bits per heavy atom. The number of nitrogens with zero attached hydrogens (tertiary/aromatic N) is 1. The van der Waals surface area contributed by atoms with Crippen LogP contribution in [0.15, 0.2) is 16.6 Å². The first-order valence-electron chi connectivity index (χ1n) is 3.58. The van der Waals surface area contributed by atoms with E-state index < -0.39 is 5.82 Å². The highest BCUT2D eigenvalue weighted by Gasteiger charge is 2.10. The van der Waals surface area contributed by atoms with Gasteiger partial charge in [-0.05, 0) is 22.0 Å². The molecule has 0 unspecified atom stereocenters. The number of methoxy groups -OCH3 is 1. The fraction of sp³-hybridized carbons (Fsp3) is 0.222. The summed E-state index contributed by atoms with van der Waals surface area (Å²) in [5.41, 5.74) is 0.679. The van der Waals surface area contributed by atoms with Gasteiger partial charge in [-0.1, -0.05) is 6.07 Å². The van der Waals surface area contributed by atoms with Gasteiger partial charge in [0.25, 0.3) is 0 Å². The molecule has 0 bridgehead atoms. The van der Waals surface area contributed by atoms with Gasteiger partial charge in [0.2, 0.25) is 0 Å². The van der Waals surface area contributed by atoms with Gasteiger partial charge in [0.05, 0.1) is 24.1 Å². The van der Waals surface area contributed by atoms with Gasteiger partial charge in [0.1, 0.15) is 11.6 Å². The topological polar surface area (TPSA) is 33.0 Å². The molecule has 0 fully saturated rings. The molecular weight excluding hydrogens is 237 g/mol. The lowest BCUT2D eigenvalue weighted by molar-refractivity contribution is 0.403. The Balaban J connectivity index is 3.23. The number of rotatable bonds is 2.